The SMILES string of the molecule is C#CC(C)(C)Nc1nc2ccccn2c1C(=O)O. The van der Waals surface area contributed by atoms with Crippen molar-refractivity contribution in [2.45, 2.75) is 19.4 Å². The molecule has 0 amide bonds. The zero-order valence-electron chi connectivity index (χ0n) is 10.1. The molecule has 0 bridgehead atoms. The number of carboxylic acids is 1. The van der Waals surface area contributed by atoms with Crippen molar-refractivity contribution < 1.29 is 9.90 Å². The highest BCUT2D eigenvalue weighted by Crippen LogP contribution is 2.21. The lowest BCUT2D eigenvalue weighted by Crippen LogP contribution is -2.29. The normalized spacial score (nSPS) is 11.2. The Morgan fingerprint density at radius 3 is 2.89 bits per heavy atom. The minimum Gasteiger partial charge on any atom is -0.476 e. The van der Waals surface area contributed by atoms with Crippen LogP contribution >= 0.6 is 0 Å². The third-order valence-corrected chi connectivity index (χ3v) is 2.52. The summed E-state index contributed by atoms with van der Waals surface area (Å²) in [5, 5.41) is 12.2. The van der Waals surface area contributed by atoms with Crippen LogP contribution in [0.4, 0.5) is 5.82 Å². The van der Waals surface area contributed by atoms with Gasteiger partial charge in [-0.3, -0.25) is 4.40 Å². The Morgan fingerprint density at radius 2 is 2.28 bits per heavy atom. The lowest BCUT2D eigenvalue weighted by atomic mass is 10.1. The summed E-state index contributed by atoms with van der Waals surface area (Å²) in [6.45, 7) is 3.56. The first-order valence-corrected chi connectivity index (χ1v) is 5.41. The van der Waals surface area contributed by atoms with E-state index in [4.69, 9.17) is 6.42 Å². The van der Waals surface area contributed by atoms with Gasteiger partial charge >= 0.3 is 5.97 Å². The number of anilines is 1. The summed E-state index contributed by atoms with van der Waals surface area (Å²) in [7, 11) is 0. The molecule has 0 unspecified atom stereocenters. The molecule has 18 heavy (non-hydrogen) atoms. The first-order valence-electron chi connectivity index (χ1n) is 5.41. The fourth-order valence-electron chi connectivity index (χ4n) is 1.62. The van der Waals surface area contributed by atoms with Crippen molar-refractivity contribution in [2.24, 2.45) is 0 Å². The van der Waals surface area contributed by atoms with Gasteiger partial charge < -0.3 is 10.4 Å². The Morgan fingerprint density at radius 1 is 1.56 bits per heavy atom. The molecule has 0 radical (unpaired) electrons. The number of carbonyl (C=O) groups is 1. The smallest absolute Gasteiger partial charge is 0.356 e. The van der Waals surface area contributed by atoms with Gasteiger partial charge in [-0.05, 0) is 26.0 Å². The van der Waals surface area contributed by atoms with E-state index in [1.807, 2.05) is 0 Å². The molecule has 92 valence electrons. The summed E-state index contributed by atoms with van der Waals surface area (Å²) in [5.74, 6) is 1.77. The Hall–Kier alpha value is -2.48. The van der Waals surface area contributed by atoms with Gasteiger partial charge in [-0.25, -0.2) is 9.78 Å². The molecule has 5 nitrogen and oxygen atoms in total. The number of pyridine rings is 1. The van der Waals surface area contributed by atoms with Crippen LogP contribution in [0.15, 0.2) is 24.4 Å². The zero-order valence-corrected chi connectivity index (χ0v) is 10.1. The Labute approximate surface area is 104 Å². The van der Waals surface area contributed by atoms with Crippen molar-refractivity contribution in [1.29, 1.82) is 0 Å². The number of aromatic nitrogens is 2. The van der Waals surface area contributed by atoms with Gasteiger partial charge in [-0.1, -0.05) is 12.0 Å². The molecular formula is C13H13N3O2. The molecule has 2 N–H and O–H groups in total. The van der Waals surface area contributed by atoms with E-state index in [-0.39, 0.29) is 11.5 Å². The van der Waals surface area contributed by atoms with Crippen LogP contribution in [0.3, 0.4) is 0 Å². The van der Waals surface area contributed by atoms with Gasteiger partial charge in [0.25, 0.3) is 0 Å². The summed E-state index contributed by atoms with van der Waals surface area (Å²) in [6, 6.07) is 5.28. The van der Waals surface area contributed by atoms with Crippen molar-refractivity contribution in [3.05, 3.63) is 30.1 Å². The Bertz CT molecular complexity index is 650. The number of nitrogens with zero attached hydrogens (tertiary/aromatic N) is 2. The van der Waals surface area contributed by atoms with Crippen LogP contribution in [0.25, 0.3) is 5.65 Å². The quantitative estimate of drug-likeness (QED) is 0.807. The largest absolute Gasteiger partial charge is 0.476 e. The number of rotatable bonds is 3. The molecule has 0 saturated carbocycles. The van der Waals surface area contributed by atoms with E-state index in [2.05, 4.69) is 16.2 Å². The van der Waals surface area contributed by atoms with E-state index in [0.717, 1.165) is 0 Å². The van der Waals surface area contributed by atoms with E-state index in [1.54, 1.807) is 38.2 Å². The number of fused-ring (bicyclic) bond motifs is 1. The lowest BCUT2D eigenvalue weighted by molar-refractivity contribution is 0.0690. The van der Waals surface area contributed by atoms with E-state index in [1.165, 1.54) is 4.40 Å². The molecule has 0 saturated heterocycles. The van der Waals surface area contributed by atoms with Crippen LogP contribution in [0.2, 0.25) is 0 Å². The van der Waals surface area contributed by atoms with Crippen LogP contribution in [0.1, 0.15) is 24.3 Å². The van der Waals surface area contributed by atoms with Crippen molar-refractivity contribution in [3.63, 3.8) is 0 Å². The molecule has 2 rings (SSSR count). The summed E-state index contributed by atoms with van der Waals surface area (Å²) in [5.41, 5.74) is -0.0264. The van der Waals surface area contributed by atoms with Gasteiger partial charge in [0.05, 0.1) is 5.54 Å². The van der Waals surface area contributed by atoms with Gasteiger partial charge in [0.15, 0.2) is 11.5 Å². The molecular weight excluding hydrogens is 230 g/mol. The topological polar surface area (TPSA) is 66.6 Å². The maximum absolute atomic E-state index is 11.3. The molecule has 0 aliphatic rings. The average molecular weight is 243 g/mol. The molecule has 0 aromatic carbocycles. The first-order chi connectivity index (χ1) is 8.44. The second kappa shape index (κ2) is 4.08. The predicted molar refractivity (Wildman–Crippen MR) is 68.7 cm³/mol. The molecule has 0 aliphatic carbocycles. The van der Waals surface area contributed by atoms with Crippen LogP contribution in [-0.4, -0.2) is 26.0 Å². The van der Waals surface area contributed by atoms with Crippen LogP contribution < -0.4 is 5.32 Å². The highest BCUT2D eigenvalue weighted by Gasteiger charge is 2.23. The molecule has 2 aromatic heterocycles. The predicted octanol–water partition coefficient (Wildman–Crippen LogP) is 1.86. The Balaban J connectivity index is 2.61. The monoisotopic (exact) mass is 243 g/mol. The number of terminal acetylenes is 1. The third kappa shape index (κ3) is 2.00. The zero-order chi connectivity index (χ0) is 13.3. The molecule has 2 heterocycles. The molecule has 0 fully saturated rings. The third-order valence-electron chi connectivity index (χ3n) is 2.52. The molecule has 0 aliphatic heterocycles. The van der Waals surface area contributed by atoms with Gasteiger partial charge in [0.2, 0.25) is 0 Å². The fraction of sp³-hybridized carbons (Fsp3) is 0.231. The van der Waals surface area contributed by atoms with Crippen molar-refractivity contribution in [3.8, 4) is 12.3 Å². The van der Waals surface area contributed by atoms with Crippen LogP contribution in [0, 0.1) is 12.3 Å². The molecule has 0 spiro atoms. The van der Waals surface area contributed by atoms with Crippen LogP contribution in [-0.2, 0) is 0 Å². The van der Waals surface area contributed by atoms with Gasteiger partial charge in [-0.15, -0.1) is 6.42 Å². The highest BCUT2D eigenvalue weighted by atomic mass is 16.4. The molecule has 5 heteroatoms. The standard InChI is InChI=1S/C13H13N3O2/c1-4-13(2,3)15-11-10(12(17)18)16-8-6-5-7-9(16)14-11/h1,5-8,15H,2-3H3,(H,17,18). The summed E-state index contributed by atoms with van der Waals surface area (Å²) >= 11 is 0. The van der Waals surface area contributed by atoms with Gasteiger partial charge in [0, 0.05) is 6.20 Å². The summed E-state index contributed by atoms with van der Waals surface area (Å²) in [6.07, 6.45) is 7.03. The minimum absolute atomic E-state index is 0.0777. The van der Waals surface area contributed by atoms with Gasteiger partial charge in [0.1, 0.15) is 5.65 Å². The van der Waals surface area contributed by atoms with E-state index < -0.39 is 11.5 Å². The van der Waals surface area contributed by atoms with E-state index in [0.29, 0.717) is 5.65 Å². The average Bonchev–Trinajstić information content (AvgIpc) is 2.65. The number of hydrogen-bond acceptors (Lipinski definition) is 3. The number of carboxylic acid groups (broad SMARTS) is 1. The van der Waals surface area contributed by atoms with Crippen LogP contribution in [0.5, 0.6) is 0 Å². The lowest BCUT2D eigenvalue weighted by Gasteiger charge is -2.19. The second-order valence-corrected chi connectivity index (χ2v) is 4.44. The molecule has 2 aromatic rings. The number of aromatic carboxylic acids is 1. The van der Waals surface area contributed by atoms with Crippen molar-refractivity contribution in [2.75, 3.05) is 5.32 Å². The maximum Gasteiger partial charge on any atom is 0.356 e. The second-order valence-electron chi connectivity index (χ2n) is 4.44. The molecule has 0 atom stereocenters. The Kier molecular flexibility index (Phi) is 2.71. The number of hydrogen-bond donors (Lipinski definition) is 2. The first kappa shape index (κ1) is 12.0. The number of nitrogens with one attached hydrogen (secondary N) is 1. The van der Waals surface area contributed by atoms with E-state index in [9.17, 15) is 9.90 Å². The van der Waals surface area contributed by atoms with E-state index >= 15 is 0 Å². The van der Waals surface area contributed by atoms with Crippen molar-refractivity contribution >= 4 is 17.4 Å². The fourth-order valence-corrected chi connectivity index (χ4v) is 1.62. The van der Waals surface area contributed by atoms with Crippen molar-refractivity contribution in [1.82, 2.24) is 9.38 Å². The maximum atomic E-state index is 11.3. The number of imidazole rings is 1. The van der Waals surface area contributed by atoms with Gasteiger partial charge in [-0.2, -0.15) is 0 Å². The summed E-state index contributed by atoms with van der Waals surface area (Å²) < 4.78 is 1.51. The summed E-state index contributed by atoms with van der Waals surface area (Å²) in [4.78, 5) is 15.6. The highest BCUT2D eigenvalue weighted by molar-refractivity contribution is 5.93. The minimum atomic E-state index is -1.05.